The van der Waals surface area contributed by atoms with Crippen molar-refractivity contribution in [1.82, 2.24) is 9.96 Å². The van der Waals surface area contributed by atoms with Crippen LogP contribution >= 0.6 is 11.8 Å². The number of carbonyl (C=O) groups excluding carboxylic acids is 1. The second-order valence-corrected chi connectivity index (χ2v) is 9.93. The van der Waals surface area contributed by atoms with Crippen molar-refractivity contribution in [1.29, 1.82) is 0 Å². The number of fused-ring (bicyclic) bond motifs is 1. The first-order valence-corrected chi connectivity index (χ1v) is 10.8. The predicted molar refractivity (Wildman–Crippen MR) is 106 cm³/mol. The Bertz CT molecular complexity index is 782. The smallest absolute Gasteiger partial charge is 0.412 e. The summed E-state index contributed by atoms with van der Waals surface area (Å²) in [5, 5.41) is 2.15. The summed E-state index contributed by atoms with van der Waals surface area (Å²) >= 11 is 1.76. The minimum atomic E-state index is -0.514. The number of anilines is 1. The number of rotatable bonds is 0. The van der Waals surface area contributed by atoms with Gasteiger partial charge in [-0.1, -0.05) is 18.2 Å². The first-order valence-electron chi connectivity index (χ1n) is 9.65. The summed E-state index contributed by atoms with van der Waals surface area (Å²) in [6.07, 6.45) is 0.741. The van der Waals surface area contributed by atoms with E-state index in [1.165, 1.54) is 11.3 Å². The van der Waals surface area contributed by atoms with Gasteiger partial charge in [-0.05, 0) is 38.8 Å². The standard InChI is InChI=1S/C20H27N3O3S/c1-19(2,3)26-18(24)23-15-11-27-12-25-22-10-9-20(16(15)22)13-7-5-6-8-14(13)21(4)17(20)23/h5-8,15-17H,9-12H2,1-4H3/t15-,16+,17+,20-/m1/s1. The van der Waals surface area contributed by atoms with Gasteiger partial charge in [-0.3, -0.25) is 9.74 Å². The summed E-state index contributed by atoms with van der Waals surface area (Å²) in [4.78, 5) is 23.7. The molecule has 3 fully saturated rings. The second-order valence-electron chi connectivity index (χ2n) is 8.95. The van der Waals surface area contributed by atoms with E-state index in [0.29, 0.717) is 5.94 Å². The predicted octanol–water partition coefficient (Wildman–Crippen LogP) is 3.03. The van der Waals surface area contributed by atoms with Crippen LogP contribution in [0.25, 0.3) is 0 Å². The maximum absolute atomic E-state index is 13.3. The molecular formula is C20H27N3O3S. The molecule has 4 aliphatic rings. The minimum absolute atomic E-state index is 0.0351. The van der Waals surface area contributed by atoms with E-state index in [0.717, 1.165) is 18.7 Å². The van der Waals surface area contributed by atoms with Gasteiger partial charge in [0.2, 0.25) is 0 Å². The topological polar surface area (TPSA) is 45.2 Å². The molecule has 0 N–H and O–H groups in total. The largest absolute Gasteiger partial charge is 0.444 e. The molecule has 4 aliphatic heterocycles. The lowest BCUT2D eigenvalue weighted by atomic mass is 9.74. The molecule has 0 unspecified atom stereocenters. The fourth-order valence-electron chi connectivity index (χ4n) is 5.65. The number of hydrogen-bond donors (Lipinski definition) is 0. The van der Waals surface area contributed by atoms with E-state index in [1.54, 1.807) is 11.8 Å². The van der Waals surface area contributed by atoms with Gasteiger partial charge in [0.05, 0.1) is 17.5 Å². The second kappa shape index (κ2) is 5.78. The number of benzene rings is 1. The number of hydrogen-bond acceptors (Lipinski definition) is 6. The van der Waals surface area contributed by atoms with Crippen LogP contribution < -0.4 is 4.90 Å². The summed E-state index contributed by atoms with van der Waals surface area (Å²) in [6, 6.07) is 8.84. The molecule has 1 amide bonds. The molecule has 146 valence electrons. The van der Waals surface area contributed by atoms with E-state index in [4.69, 9.17) is 9.57 Å². The molecule has 7 heteroatoms. The van der Waals surface area contributed by atoms with Gasteiger partial charge >= 0.3 is 6.09 Å². The number of amides is 1. The number of para-hydroxylation sites is 1. The van der Waals surface area contributed by atoms with Gasteiger partial charge in [-0.2, -0.15) is 5.06 Å². The van der Waals surface area contributed by atoms with Crippen LogP contribution in [-0.4, -0.2) is 65.2 Å². The van der Waals surface area contributed by atoms with E-state index in [2.05, 4.69) is 41.3 Å². The molecule has 0 aromatic heterocycles. The molecule has 1 aromatic carbocycles. The maximum Gasteiger partial charge on any atom is 0.412 e. The quantitative estimate of drug-likeness (QED) is 0.680. The highest BCUT2D eigenvalue weighted by molar-refractivity contribution is 7.99. The molecule has 0 saturated carbocycles. The molecule has 0 radical (unpaired) electrons. The Morgan fingerprint density at radius 2 is 2.11 bits per heavy atom. The number of ether oxygens (including phenoxy) is 1. The molecule has 1 spiro atoms. The van der Waals surface area contributed by atoms with Gasteiger partial charge in [0.15, 0.2) is 0 Å². The molecule has 3 saturated heterocycles. The molecule has 27 heavy (non-hydrogen) atoms. The van der Waals surface area contributed by atoms with Crippen LogP contribution in [0, 0.1) is 0 Å². The Kier molecular flexibility index (Phi) is 3.78. The highest BCUT2D eigenvalue weighted by atomic mass is 32.2. The number of thioether (sulfide) groups is 1. The molecule has 5 rings (SSSR count). The molecule has 4 atom stereocenters. The fraction of sp³-hybridized carbons (Fsp3) is 0.650. The average Bonchev–Trinajstić information content (AvgIpc) is 3.11. The van der Waals surface area contributed by atoms with E-state index in [-0.39, 0.29) is 29.8 Å². The van der Waals surface area contributed by atoms with Gasteiger partial charge in [-0.15, -0.1) is 11.8 Å². The van der Waals surface area contributed by atoms with Gasteiger partial charge in [0.25, 0.3) is 0 Å². The van der Waals surface area contributed by atoms with Crippen LogP contribution in [-0.2, 0) is 15.0 Å². The van der Waals surface area contributed by atoms with Crippen LogP contribution in [0.3, 0.4) is 0 Å². The van der Waals surface area contributed by atoms with Crippen LogP contribution in [0.2, 0.25) is 0 Å². The third-order valence-corrected chi connectivity index (χ3v) is 7.23. The monoisotopic (exact) mass is 389 g/mol. The molecule has 0 aliphatic carbocycles. The zero-order chi connectivity index (χ0) is 19.0. The van der Waals surface area contributed by atoms with Crippen molar-refractivity contribution in [3.63, 3.8) is 0 Å². The summed E-state index contributed by atoms with van der Waals surface area (Å²) < 4.78 is 5.86. The van der Waals surface area contributed by atoms with Gasteiger partial charge in [-0.25, -0.2) is 4.79 Å². The molecule has 6 nitrogen and oxygen atoms in total. The SMILES string of the molecule is CN1c2ccccc2[C@]23CCN4OCSC[C@H]([C@H]42)N(C(=O)OC(C)(C)C)[C@H]13. The van der Waals surface area contributed by atoms with Crippen molar-refractivity contribution >= 4 is 23.5 Å². The first kappa shape index (κ1) is 17.6. The van der Waals surface area contributed by atoms with Crippen molar-refractivity contribution in [3.05, 3.63) is 29.8 Å². The third-order valence-electron chi connectivity index (χ3n) is 6.38. The Morgan fingerprint density at radius 1 is 1.33 bits per heavy atom. The highest BCUT2D eigenvalue weighted by Crippen LogP contribution is 2.60. The number of nitrogens with zero attached hydrogens (tertiary/aromatic N) is 3. The van der Waals surface area contributed by atoms with Gasteiger partial charge in [0, 0.05) is 25.0 Å². The molecular weight excluding hydrogens is 362 g/mol. The summed E-state index contributed by atoms with van der Waals surface area (Å²) in [5.41, 5.74) is 1.92. The summed E-state index contributed by atoms with van der Waals surface area (Å²) in [5.74, 6) is 1.52. The summed E-state index contributed by atoms with van der Waals surface area (Å²) in [6.45, 7) is 6.70. The van der Waals surface area contributed by atoms with Crippen LogP contribution in [0.15, 0.2) is 24.3 Å². The van der Waals surface area contributed by atoms with E-state index in [9.17, 15) is 4.79 Å². The lowest BCUT2D eigenvalue weighted by Gasteiger charge is -2.37. The Morgan fingerprint density at radius 3 is 2.89 bits per heavy atom. The number of carbonyl (C=O) groups is 1. The van der Waals surface area contributed by atoms with Crippen molar-refractivity contribution in [2.45, 2.75) is 56.5 Å². The molecule has 4 heterocycles. The van der Waals surface area contributed by atoms with Crippen molar-refractivity contribution in [2.24, 2.45) is 0 Å². The average molecular weight is 390 g/mol. The van der Waals surface area contributed by atoms with Crippen LogP contribution in [0.4, 0.5) is 10.5 Å². The van der Waals surface area contributed by atoms with Crippen molar-refractivity contribution in [2.75, 3.05) is 30.2 Å². The first-order chi connectivity index (χ1) is 12.8. The van der Waals surface area contributed by atoms with Crippen LogP contribution in [0.1, 0.15) is 32.8 Å². The number of hydroxylamine groups is 2. The molecule has 0 bridgehead atoms. The van der Waals surface area contributed by atoms with E-state index < -0.39 is 5.60 Å². The van der Waals surface area contributed by atoms with E-state index in [1.807, 2.05) is 25.7 Å². The van der Waals surface area contributed by atoms with Gasteiger partial charge < -0.3 is 9.64 Å². The number of likely N-dealkylation sites (tertiary alicyclic amines) is 1. The van der Waals surface area contributed by atoms with Crippen molar-refractivity contribution < 1.29 is 14.4 Å². The Balaban J connectivity index is 1.66. The Hall–Kier alpha value is -1.44. The minimum Gasteiger partial charge on any atom is -0.444 e. The fourth-order valence-corrected chi connectivity index (χ4v) is 6.54. The number of likely N-dealkylation sites (N-methyl/N-ethyl adjacent to an activating group) is 1. The Labute approximate surface area is 164 Å². The maximum atomic E-state index is 13.3. The van der Waals surface area contributed by atoms with E-state index >= 15 is 0 Å². The van der Waals surface area contributed by atoms with Crippen LogP contribution in [0.5, 0.6) is 0 Å². The normalized spacial score (nSPS) is 34.9. The highest BCUT2D eigenvalue weighted by Gasteiger charge is 2.71. The molecule has 1 aromatic rings. The zero-order valence-corrected chi connectivity index (χ0v) is 17.2. The van der Waals surface area contributed by atoms with Crippen molar-refractivity contribution in [3.8, 4) is 0 Å². The third kappa shape index (κ3) is 2.31. The lowest BCUT2D eigenvalue weighted by Crippen LogP contribution is -2.54. The van der Waals surface area contributed by atoms with Gasteiger partial charge in [0.1, 0.15) is 17.7 Å². The summed E-state index contributed by atoms with van der Waals surface area (Å²) in [7, 11) is 2.11. The lowest BCUT2D eigenvalue weighted by molar-refractivity contribution is -0.154. The zero-order valence-electron chi connectivity index (χ0n) is 16.3.